The Bertz CT molecular complexity index is 225. The first kappa shape index (κ1) is 7.68. The molecule has 0 aliphatic carbocycles. The van der Waals surface area contributed by atoms with E-state index in [9.17, 15) is 0 Å². The fourth-order valence-electron chi connectivity index (χ4n) is 0.794. The second kappa shape index (κ2) is 3.11. The molecule has 0 amide bonds. The van der Waals surface area contributed by atoms with Crippen LogP contribution in [0.2, 0.25) is 0 Å². The summed E-state index contributed by atoms with van der Waals surface area (Å²) in [6.45, 7) is 7.71. The molecule has 0 N–H and O–H groups in total. The Morgan fingerprint density at radius 3 is 2.80 bits per heavy atom. The van der Waals surface area contributed by atoms with Crippen LogP contribution in [0.25, 0.3) is 0 Å². The van der Waals surface area contributed by atoms with E-state index in [1.54, 1.807) is 0 Å². The molecule has 0 radical (unpaired) electrons. The van der Waals surface area contributed by atoms with Gasteiger partial charge in [0.15, 0.2) is 0 Å². The van der Waals surface area contributed by atoms with Crippen LogP contribution in [0.3, 0.4) is 0 Å². The van der Waals surface area contributed by atoms with Crippen molar-refractivity contribution in [3.05, 3.63) is 36.2 Å². The predicted molar refractivity (Wildman–Crippen MR) is 38.6 cm³/mol. The first-order valence-corrected chi connectivity index (χ1v) is 4.67. The molecule has 1 heterocycles. The van der Waals surface area contributed by atoms with E-state index in [1.807, 2.05) is 34.6 Å². The van der Waals surface area contributed by atoms with E-state index >= 15 is 0 Å². The fraction of sp³-hybridized carbons (Fsp3) is 0.125. The van der Waals surface area contributed by atoms with Gasteiger partial charge in [0.1, 0.15) is 0 Å². The Morgan fingerprint density at radius 2 is 2.40 bits per heavy atom. The molecule has 0 unspecified atom stereocenters. The summed E-state index contributed by atoms with van der Waals surface area (Å²) >= 11 is 1.40. The molecule has 0 aromatic carbocycles. The van der Waals surface area contributed by atoms with Crippen LogP contribution in [0.1, 0.15) is 6.92 Å². The van der Waals surface area contributed by atoms with Gasteiger partial charge in [-0.25, -0.2) is 0 Å². The topological polar surface area (TPSA) is 3.24 Å². The van der Waals surface area contributed by atoms with Crippen LogP contribution in [0.15, 0.2) is 29.6 Å². The normalized spacial score (nSPS) is 17.1. The summed E-state index contributed by atoms with van der Waals surface area (Å²) in [5.41, 5.74) is 1.98. The van der Waals surface area contributed by atoms with Gasteiger partial charge >= 0.3 is 71.9 Å². The Kier molecular flexibility index (Phi) is 2.39. The minimum atomic E-state index is 0.801. The molecule has 0 spiro atoms. The monoisotopic (exact) mass is 302 g/mol. The molecule has 0 saturated carbocycles. The van der Waals surface area contributed by atoms with Gasteiger partial charge in [-0.1, -0.05) is 0 Å². The van der Waals surface area contributed by atoms with Gasteiger partial charge in [-0.3, -0.25) is 0 Å². The second-order valence-electron chi connectivity index (χ2n) is 2.07. The summed E-state index contributed by atoms with van der Waals surface area (Å²) in [6, 6.07) is 0. The molecule has 0 aromatic heterocycles. The van der Waals surface area contributed by atoms with Crippen LogP contribution in [0, 0.1) is 6.58 Å². The third kappa shape index (κ3) is 1.35. The quantitative estimate of drug-likeness (QED) is 0.662. The van der Waals surface area contributed by atoms with Gasteiger partial charge in [-0.2, -0.15) is 0 Å². The molecule has 0 fully saturated rings. The van der Waals surface area contributed by atoms with Crippen LogP contribution in [-0.4, -0.2) is 9.42 Å². The van der Waals surface area contributed by atoms with Gasteiger partial charge in [0.25, 0.3) is 0 Å². The molecule has 1 aliphatic rings. The molecule has 0 saturated heterocycles. The SMILES string of the molecule is [CH-]=C1C=CC=C(C)N1[CH]=[W]. The zero-order valence-electron chi connectivity index (χ0n) is 5.74. The van der Waals surface area contributed by atoms with Crippen molar-refractivity contribution in [2.24, 2.45) is 0 Å². The van der Waals surface area contributed by atoms with Crippen molar-refractivity contribution in [1.29, 1.82) is 0 Å². The van der Waals surface area contributed by atoms with Gasteiger partial charge < -0.3 is 0 Å². The number of nitrogens with zero attached hydrogens (tertiary/aromatic N) is 1. The van der Waals surface area contributed by atoms with Crippen molar-refractivity contribution < 1.29 is 19.4 Å². The molecule has 0 atom stereocenters. The van der Waals surface area contributed by atoms with Crippen molar-refractivity contribution in [1.82, 2.24) is 4.90 Å². The van der Waals surface area contributed by atoms with E-state index in [4.69, 9.17) is 6.58 Å². The van der Waals surface area contributed by atoms with Gasteiger partial charge in [0.2, 0.25) is 0 Å². The third-order valence-corrected chi connectivity index (χ3v) is 2.13. The van der Waals surface area contributed by atoms with Crippen molar-refractivity contribution in [2.75, 3.05) is 0 Å². The predicted octanol–water partition coefficient (Wildman–Crippen LogP) is 1.39. The number of allylic oxidation sites excluding steroid dienone is 4. The average Bonchev–Trinajstić information content (AvgIpc) is 1.88. The molecular formula is C8H8NW-. The van der Waals surface area contributed by atoms with Crippen molar-refractivity contribution in [3.8, 4) is 0 Å². The van der Waals surface area contributed by atoms with Gasteiger partial charge in [0.05, 0.1) is 0 Å². The minimum absolute atomic E-state index is 0.801. The summed E-state index contributed by atoms with van der Waals surface area (Å²) in [7, 11) is 0. The molecule has 2 heteroatoms. The summed E-state index contributed by atoms with van der Waals surface area (Å²) in [5, 5.41) is 0. The summed E-state index contributed by atoms with van der Waals surface area (Å²) in [4.78, 5) is 1.98. The van der Waals surface area contributed by atoms with Crippen molar-refractivity contribution in [3.63, 3.8) is 0 Å². The number of hydrogen-bond acceptors (Lipinski definition) is 1. The van der Waals surface area contributed by atoms with Crippen molar-refractivity contribution >= 4 is 4.52 Å². The van der Waals surface area contributed by atoms with E-state index in [0.29, 0.717) is 0 Å². The molecule has 1 rings (SSSR count). The summed E-state index contributed by atoms with van der Waals surface area (Å²) in [5.74, 6) is 0. The molecule has 10 heavy (non-hydrogen) atoms. The molecule has 1 aliphatic heterocycles. The molecule has 52 valence electrons. The molecule has 1 nitrogen and oxygen atoms in total. The Morgan fingerprint density at radius 1 is 1.70 bits per heavy atom. The summed E-state index contributed by atoms with van der Waals surface area (Å²) in [6.07, 6.45) is 5.89. The Hall–Kier alpha value is -0.422. The van der Waals surface area contributed by atoms with Crippen LogP contribution >= 0.6 is 0 Å². The number of hydrogen-bond donors (Lipinski definition) is 0. The van der Waals surface area contributed by atoms with Crippen molar-refractivity contribution in [2.45, 2.75) is 6.92 Å². The number of rotatable bonds is 1. The zero-order chi connectivity index (χ0) is 7.56. The Balaban J connectivity index is 2.91. The van der Waals surface area contributed by atoms with E-state index in [0.717, 1.165) is 5.70 Å². The first-order chi connectivity index (χ1) is 4.75. The summed E-state index contributed by atoms with van der Waals surface area (Å²) < 4.78 is 2.03. The second-order valence-corrected chi connectivity index (χ2v) is 2.82. The Labute approximate surface area is 72.1 Å². The van der Waals surface area contributed by atoms with Crippen LogP contribution in [-0.2, 0) is 19.4 Å². The van der Waals surface area contributed by atoms with Crippen LogP contribution < -0.4 is 0 Å². The zero-order valence-corrected chi connectivity index (χ0v) is 8.68. The molecule has 0 aromatic rings. The molecular weight excluding hydrogens is 294 g/mol. The van der Waals surface area contributed by atoms with E-state index < -0.39 is 0 Å². The van der Waals surface area contributed by atoms with Crippen LogP contribution in [0.5, 0.6) is 0 Å². The van der Waals surface area contributed by atoms with Gasteiger partial charge in [-0.15, -0.1) is 0 Å². The standard InChI is InChI=1S/C8H8N.W/c1-7-5-4-6-8(2)9(7)3;/h1,3-6H,2H3;/q-1;. The van der Waals surface area contributed by atoms with E-state index in [1.165, 1.54) is 25.1 Å². The molecule has 0 bridgehead atoms. The maximum absolute atomic E-state index is 5.68. The fourth-order valence-corrected chi connectivity index (χ4v) is 1.83. The van der Waals surface area contributed by atoms with E-state index in [2.05, 4.69) is 0 Å². The van der Waals surface area contributed by atoms with Gasteiger partial charge in [-0.05, 0) is 0 Å². The van der Waals surface area contributed by atoms with E-state index in [-0.39, 0.29) is 0 Å². The van der Waals surface area contributed by atoms with Crippen LogP contribution in [0.4, 0.5) is 0 Å². The third-order valence-electron chi connectivity index (χ3n) is 1.37. The first-order valence-electron chi connectivity index (χ1n) is 2.97. The average molecular weight is 302 g/mol. The van der Waals surface area contributed by atoms with Gasteiger partial charge in [0, 0.05) is 0 Å². The maximum atomic E-state index is 5.68.